The van der Waals surface area contributed by atoms with E-state index in [-0.39, 0.29) is 0 Å². The number of nitrogens with one attached hydrogen (secondary N) is 2. The van der Waals surface area contributed by atoms with Gasteiger partial charge in [-0.05, 0) is 37.8 Å². The van der Waals surface area contributed by atoms with Gasteiger partial charge in [-0.25, -0.2) is 13.1 Å². The van der Waals surface area contributed by atoms with Crippen LogP contribution in [0.1, 0.15) is 36.6 Å². The Morgan fingerprint density at radius 2 is 2.17 bits per heavy atom. The van der Waals surface area contributed by atoms with E-state index >= 15 is 0 Å². The van der Waals surface area contributed by atoms with Crippen LogP contribution in [0.5, 0.6) is 0 Å². The Balaban J connectivity index is 2.06. The molecule has 1 saturated carbocycles. The van der Waals surface area contributed by atoms with Gasteiger partial charge in [0.2, 0.25) is 10.0 Å². The number of aryl methyl sites for hydroxylation is 1. The molecule has 0 amide bonds. The van der Waals surface area contributed by atoms with Gasteiger partial charge < -0.3 is 5.32 Å². The Kier molecular flexibility index (Phi) is 4.42. The van der Waals surface area contributed by atoms with Gasteiger partial charge in [0, 0.05) is 24.0 Å². The maximum absolute atomic E-state index is 12.0. The second-order valence-corrected chi connectivity index (χ2v) is 7.86. The molecular formula is C12H20N2O2S2. The lowest BCUT2D eigenvalue weighted by molar-refractivity contribution is 0.583. The summed E-state index contributed by atoms with van der Waals surface area (Å²) in [6, 6.07) is 2.41. The molecule has 2 rings (SSSR count). The molecule has 1 heterocycles. The SMILES string of the molecule is CCCNS(=O)(=O)c1cc(C)c(CNC2CC2)s1. The van der Waals surface area contributed by atoms with E-state index in [9.17, 15) is 8.42 Å². The molecule has 102 valence electrons. The molecule has 0 unspecified atom stereocenters. The molecule has 1 fully saturated rings. The zero-order valence-corrected chi connectivity index (χ0v) is 12.5. The van der Waals surface area contributed by atoms with Gasteiger partial charge in [-0.1, -0.05) is 6.92 Å². The van der Waals surface area contributed by atoms with Crippen LogP contribution in [-0.4, -0.2) is 21.0 Å². The molecule has 0 spiro atoms. The van der Waals surface area contributed by atoms with Crippen LogP contribution < -0.4 is 10.0 Å². The maximum Gasteiger partial charge on any atom is 0.250 e. The average Bonchev–Trinajstić information content (AvgIpc) is 3.07. The summed E-state index contributed by atoms with van der Waals surface area (Å²) in [5.41, 5.74) is 1.06. The first-order valence-corrected chi connectivity index (χ1v) is 8.65. The highest BCUT2D eigenvalue weighted by molar-refractivity contribution is 7.91. The third-order valence-corrected chi connectivity index (χ3v) is 6.11. The van der Waals surface area contributed by atoms with Gasteiger partial charge in [0.15, 0.2) is 0 Å². The molecule has 18 heavy (non-hydrogen) atoms. The highest BCUT2D eigenvalue weighted by Gasteiger charge is 2.22. The summed E-state index contributed by atoms with van der Waals surface area (Å²) >= 11 is 1.37. The Bertz CT molecular complexity index is 504. The number of rotatable bonds is 7. The summed E-state index contributed by atoms with van der Waals surface area (Å²) in [6.45, 7) is 5.20. The van der Waals surface area contributed by atoms with Crippen LogP contribution in [-0.2, 0) is 16.6 Å². The van der Waals surface area contributed by atoms with E-state index < -0.39 is 10.0 Å². The molecule has 0 aromatic carbocycles. The molecule has 1 aromatic heterocycles. The lowest BCUT2D eigenvalue weighted by atomic mass is 10.3. The molecule has 0 aliphatic heterocycles. The van der Waals surface area contributed by atoms with E-state index in [0.717, 1.165) is 23.4 Å². The van der Waals surface area contributed by atoms with E-state index in [0.29, 0.717) is 16.8 Å². The minimum absolute atomic E-state index is 0.432. The van der Waals surface area contributed by atoms with Crippen molar-refractivity contribution in [3.05, 3.63) is 16.5 Å². The van der Waals surface area contributed by atoms with Crippen LogP contribution >= 0.6 is 11.3 Å². The molecule has 1 aliphatic carbocycles. The van der Waals surface area contributed by atoms with Crippen LogP contribution in [0, 0.1) is 6.92 Å². The van der Waals surface area contributed by atoms with Crippen molar-refractivity contribution < 1.29 is 8.42 Å². The molecule has 0 atom stereocenters. The van der Waals surface area contributed by atoms with Gasteiger partial charge in [-0.2, -0.15) is 0 Å². The van der Waals surface area contributed by atoms with E-state index in [4.69, 9.17) is 0 Å². The van der Waals surface area contributed by atoms with Gasteiger partial charge >= 0.3 is 0 Å². The number of sulfonamides is 1. The summed E-state index contributed by atoms with van der Waals surface area (Å²) in [6.07, 6.45) is 3.29. The fourth-order valence-electron chi connectivity index (χ4n) is 1.63. The Hall–Kier alpha value is -0.430. The third kappa shape index (κ3) is 3.54. The second kappa shape index (κ2) is 5.69. The highest BCUT2D eigenvalue weighted by atomic mass is 32.2. The van der Waals surface area contributed by atoms with E-state index in [1.165, 1.54) is 24.2 Å². The van der Waals surface area contributed by atoms with Crippen LogP contribution in [0.3, 0.4) is 0 Å². The normalized spacial score (nSPS) is 16.1. The van der Waals surface area contributed by atoms with Crippen molar-refractivity contribution in [2.75, 3.05) is 6.54 Å². The topological polar surface area (TPSA) is 58.2 Å². The number of thiophene rings is 1. The van der Waals surface area contributed by atoms with Crippen molar-refractivity contribution in [3.63, 3.8) is 0 Å². The first-order valence-electron chi connectivity index (χ1n) is 6.35. The van der Waals surface area contributed by atoms with Gasteiger partial charge in [0.05, 0.1) is 0 Å². The highest BCUT2D eigenvalue weighted by Crippen LogP contribution is 2.27. The van der Waals surface area contributed by atoms with Crippen molar-refractivity contribution in [2.45, 2.75) is 49.9 Å². The lowest BCUT2D eigenvalue weighted by Crippen LogP contribution is -2.23. The van der Waals surface area contributed by atoms with Crippen LogP contribution in [0.15, 0.2) is 10.3 Å². The van der Waals surface area contributed by atoms with Gasteiger partial charge in [0.25, 0.3) is 0 Å². The summed E-state index contributed by atoms with van der Waals surface area (Å²) in [7, 11) is -3.31. The molecule has 2 N–H and O–H groups in total. The van der Waals surface area contributed by atoms with Crippen molar-refractivity contribution in [2.24, 2.45) is 0 Å². The molecule has 1 aliphatic rings. The second-order valence-electron chi connectivity index (χ2n) is 4.72. The van der Waals surface area contributed by atoms with Gasteiger partial charge in [0.1, 0.15) is 4.21 Å². The summed E-state index contributed by atoms with van der Waals surface area (Å²) in [5, 5.41) is 3.42. The maximum atomic E-state index is 12.0. The molecule has 6 heteroatoms. The van der Waals surface area contributed by atoms with E-state index in [2.05, 4.69) is 10.0 Å². The van der Waals surface area contributed by atoms with Crippen LogP contribution in [0.25, 0.3) is 0 Å². The molecule has 0 bridgehead atoms. The van der Waals surface area contributed by atoms with Crippen molar-refractivity contribution >= 4 is 21.4 Å². The molecule has 0 saturated heterocycles. The largest absolute Gasteiger partial charge is 0.309 e. The minimum Gasteiger partial charge on any atom is -0.309 e. The monoisotopic (exact) mass is 288 g/mol. The first-order chi connectivity index (χ1) is 8.53. The predicted octanol–water partition coefficient (Wildman–Crippen LogP) is 2.00. The fourth-order valence-corrected chi connectivity index (χ4v) is 4.35. The van der Waals surface area contributed by atoms with Crippen LogP contribution in [0.2, 0.25) is 0 Å². The standard InChI is InChI=1S/C12H20N2O2S2/c1-3-6-14-18(15,16)12-7-9(2)11(17-12)8-13-10-4-5-10/h7,10,13-14H,3-6,8H2,1-2H3. The number of hydrogen-bond donors (Lipinski definition) is 2. The zero-order chi connectivity index (χ0) is 13.2. The third-order valence-electron chi connectivity index (χ3n) is 2.93. The summed E-state index contributed by atoms with van der Waals surface area (Å²) in [5.74, 6) is 0. The molecule has 1 aromatic rings. The number of hydrogen-bond acceptors (Lipinski definition) is 4. The Labute approximate surface area is 113 Å². The fraction of sp³-hybridized carbons (Fsp3) is 0.667. The summed E-state index contributed by atoms with van der Waals surface area (Å²) < 4.78 is 27.0. The average molecular weight is 288 g/mol. The van der Waals surface area contributed by atoms with Gasteiger partial charge in [-0.3, -0.25) is 0 Å². The molecular weight excluding hydrogens is 268 g/mol. The quantitative estimate of drug-likeness (QED) is 0.807. The Morgan fingerprint density at radius 3 is 2.78 bits per heavy atom. The zero-order valence-electron chi connectivity index (χ0n) is 10.8. The van der Waals surface area contributed by atoms with Gasteiger partial charge in [-0.15, -0.1) is 11.3 Å². The minimum atomic E-state index is -3.31. The lowest BCUT2D eigenvalue weighted by Gasteiger charge is -2.02. The van der Waals surface area contributed by atoms with E-state index in [1.54, 1.807) is 6.07 Å². The first kappa shape index (κ1) is 14.0. The molecule has 0 radical (unpaired) electrons. The molecule has 4 nitrogen and oxygen atoms in total. The van der Waals surface area contributed by atoms with E-state index in [1.807, 2.05) is 13.8 Å². The predicted molar refractivity (Wildman–Crippen MR) is 74.4 cm³/mol. The van der Waals surface area contributed by atoms with Crippen molar-refractivity contribution in [3.8, 4) is 0 Å². The van der Waals surface area contributed by atoms with Crippen molar-refractivity contribution in [1.29, 1.82) is 0 Å². The van der Waals surface area contributed by atoms with Crippen molar-refractivity contribution in [1.82, 2.24) is 10.0 Å². The smallest absolute Gasteiger partial charge is 0.250 e. The summed E-state index contributed by atoms with van der Waals surface area (Å²) in [4.78, 5) is 1.12. The Morgan fingerprint density at radius 1 is 1.44 bits per heavy atom. The van der Waals surface area contributed by atoms with Crippen LogP contribution in [0.4, 0.5) is 0 Å².